The second-order valence-electron chi connectivity index (χ2n) is 25.6. The second kappa shape index (κ2) is 31.9. The smallest absolute Gasteiger partial charge is 0.310 e. The van der Waals surface area contributed by atoms with Crippen LogP contribution in [-0.4, -0.2) is 67.3 Å². The predicted octanol–water partition coefficient (Wildman–Crippen LogP) is 13.7. The summed E-state index contributed by atoms with van der Waals surface area (Å²) in [6.07, 6.45) is 0. The molecule has 0 fully saturated rings. The number of aromatic amines is 1. The zero-order valence-electron chi connectivity index (χ0n) is 51.0. The Hall–Kier alpha value is -5.75. The van der Waals surface area contributed by atoms with E-state index in [2.05, 4.69) is 209 Å². The number of esters is 1. The summed E-state index contributed by atoms with van der Waals surface area (Å²) >= 11 is 4.66. The van der Waals surface area contributed by atoms with E-state index < -0.39 is 0 Å². The number of aliphatic imine (C=N–C) groups is 4. The molecular weight excluding hydrogens is 1060 g/mol. The van der Waals surface area contributed by atoms with Crippen molar-refractivity contribution < 1.29 is 23.9 Å². The maximum absolute atomic E-state index is 10.6. The predicted molar refractivity (Wildman–Crippen MR) is 339 cm³/mol. The SMILES string of the molecule is C.C.C=C1N=C(C(C)(C)C)NO1.C=C1N=C(C(C)(C)C)NS1.C=C1N=C(C(C)(C)C)ON1.C=C1N=C(C(C)(C)C)SN1.C=C1NN=C(C(C)(C)C)O1.C=C1NN=C(C(C)(C)C)S1.CC(C)(C)c1nn[nH]n1.COC(=O)C(C)(C)C. The van der Waals surface area contributed by atoms with E-state index in [0.29, 0.717) is 29.4 Å². The lowest BCUT2D eigenvalue weighted by Gasteiger charge is -2.16. The van der Waals surface area contributed by atoms with Gasteiger partial charge in [-0.15, -0.1) is 15.3 Å². The molecular formula is C55H102N16O5S3. The highest BCUT2D eigenvalue weighted by atomic mass is 32.2. The van der Waals surface area contributed by atoms with E-state index in [4.69, 9.17) is 14.4 Å². The van der Waals surface area contributed by atoms with Crippen LogP contribution in [0.3, 0.4) is 0 Å². The fourth-order valence-electron chi connectivity index (χ4n) is 4.37. The first kappa shape index (κ1) is 77.5. The minimum absolute atomic E-state index is 0. The van der Waals surface area contributed by atoms with Gasteiger partial charge in [-0.3, -0.25) is 10.2 Å². The van der Waals surface area contributed by atoms with Crippen LogP contribution < -0.4 is 31.3 Å². The third-order valence-electron chi connectivity index (χ3n) is 8.81. The van der Waals surface area contributed by atoms with Crippen LogP contribution in [0.5, 0.6) is 0 Å². The number of carbonyl (C=O) groups is 1. The molecule has 7 rings (SSSR count). The number of tetrazole rings is 1. The molecule has 0 radical (unpaired) electrons. The number of nitrogens with zero attached hydrogens (tertiary/aromatic N) is 9. The standard InChI is InChI=1S/3C7H12N2O.3C7H12N2S.C6H12O2.C5H10N4.2CH4/c1-5-8-9-6(10-5)7(2,3)4;1-5-8-6(9-10-5)7(2,3)4;1-5-8-6(10-9-5)7(2,3)4;1-5-8-9-6(10-5)7(2,3)4;1-5-8-6(9-10-5)7(2,3)4;1-5-8-6(10-9-5)7(2,3)4;1-6(2,3)5(7)8-4;1-5(2,3)4-6-8-9-7-4;;/h8H,1H2,2-4H3;1H2,2-4H3,(H,8,9);9H,1H2,2-4H3;8H,1H2,2-4H3;1H2,2-4H3,(H,8,9);9H,1H2,2-4H3;1-4H3;1-3H3,(H,6,7,8,9);2*1H4. The van der Waals surface area contributed by atoms with E-state index in [0.717, 1.165) is 43.5 Å². The van der Waals surface area contributed by atoms with Crippen LogP contribution in [-0.2, 0) is 29.4 Å². The van der Waals surface area contributed by atoms with Crippen LogP contribution in [0.25, 0.3) is 0 Å². The summed E-state index contributed by atoms with van der Waals surface area (Å²) in [7, 11) is 1.40. The first-order valence-corrected chi connectivity index (χ1v) is 27.1. The fraction of sp³-hybridized carbons (Fsp3) is 0.636. The van der Waals surface area contributed by atoms with Gasteiger partial charge in [0.25, 0.3) is 0 Å². The van der Waals surface area contributed by atoms with Gasteiger partial charge in [-0.1, -0.05) is 204 Å². The molecule has 79 heavy (non-hydrogen) atoms. The molecule has 7 N–H and O–H groups in total. The Bertz CT molecular complexity index is 2180. The Morgan fingerprint density at radius 1 is 0.532 bits per heavy atom. The molecule has 1 aromatic rings. The Labute approximate surface area is 489 Å². The molecule has 24 heteroatoms. The fourth-order valence-corrected chi connectivity index (χ4v) is 6.52. The molecule has 6 aliphatic rings. The van der Waals surface area contributed by atoms with Gasteiger partial charge >= 0.3 is 5.97 Å². The van der Waals surface area contributed by atoms with Crippen molar-refractivity contribution in [3.63, 3.8) is 0 Å². The zero-order chi connectivity index (χ0) is 60.3. The molecule has 0 atom stereocenters. The number of hydrogen-bond acceptors (Lipinski definition) is 23. The number of nitrogens with one attached hydrogen (secondary N) is 7. The number of H-pyrrole nitrogens is 1. The third kappa shape index (κ3) is 32.2. The molecule has 450 valence electrons. The first-order valence-electron chi connectivity index (χ1n) is 24.7. The summed E-state index contributed by atoms with van der Waals surface area (Å²) in [6.45, 7) is 71.0. The van der Waals surface area contributed by atoms with Gasteiger partial charge in [0.2, 0.25) is 23.6 Å². The van der Waals surface area contributed by atoms with Gasteiger partial charge in [-0.05, 0) is 33.9 Å². The van der Waals surface area contributed by atoms with Gasteiger partial charge in [0.05, 0.1) is 17.6 Å². The lowest BCUT2D eigenvalue weighted by atomic mass is 9.95. The minimum atomic E-state index is -0.352. The molecule has 0 aromatic carbocycles. The summed E-state index contributed by atoms with van der Waals surface area (Å²) in [4.78, 5) is 37.0. The Kier molecular flexibility index (Phi) is 31.3. The van der Waals surface area contributed by atoms with Crippen molar-refractivity contribution in [2.75, 3.05) is 7.11 Å². The minimum Gasteiger partial charge on any atom is -0.469 e. The van der Waals surface area contributed by atoms with Crippen molar-refractivity contribution in [1.82, 2.24) is 51.9 Å². The molecule has 0 saturated carbocycles. The third-order valence-corrected chi connectivity index (χ3v) is 11.9. The quantitative estimate of drug-likeness (QED) is 0.0941. The average Bonchev–Trinajstić information content (AvgIpc) is 4.10. The number of aromatic nitrogens is 4. The largest absolute Gasteiger partial charge is 0.469 e. The van der Waals surface area contributed by atoms with E-state index in [1.165, 1.54) is 19.1 Å². The molecule has 7 heterocycles. The second-order valence-corrected chi connectivity index (χ2v) is 28.3. The Morgan fingerprint density at radius 2 is 1.06 bits per heavy atom. The van der Waals surface area contributed by atoms with Crippen LogP contribution >= 0.6 is 35.7 Å². The number of amidine groups is 2. The highest BCUT2D eigenvalue weighted by Gasteiger charge is 2.29. The van der Waals surface area contributed by atoms with Crippen LogP contribution in [0.2, 0.25) is 0 Å². The summed E-state index contributed by atoms with van der Waals surface area (Å²) < 4.78 is 15.8. The molecule has 0 aliphatic carbocycles. The highest BCUT2D eigenvalue weighted by molar-refractivity contribution is 8.17. The lowest BCUT2D eigenvalue weighted by Crippen LogP contribution is -2.30. The van der Waals surface area contributed by atoms with Crippen molar-refractivity contribution >= 4 is 75.2 Å². The lowest BCUT2D eigenvalue weighted by molar-refractivity contribution is -0.149. The Morgan fingerprint density at radius 3 is 1.24 bits per heavy atom. The van der Waals surface area contributed by atoms with Crippen molar-refractivity contribution in [3.8, 4) is 0 Å². The first-order chi connectivity index (χ1) is 34.6. The van der Waals surface area contributed by atoms with E-state index >= 15 is 0 Å². The topological polar surface area (TPSA) is 255 Å². The maximum Gasteiger partial charge on any atom is 0.310 e. The number of hydrogen-bond donors (Lipinski definition) is 7. The van der Waals surface area contributed by atoms with Crippen LogP contribution in [0.1, 0.15) is 187 Å². The number of rotatable bonds is 0. The monoisotopic (exact) mass is 1160 g/mol. The van der Waals surface area contributed by atoms with Gasteiger partial charge in [-0.25, -0.2) is 26.4 Å². The van der Waals surface area contributed by atoms with E-state index in [9.17, 15) is 4.79 Å². The van der Waals surface area contributed by atoms with Gasteiger partial charge in [0.15, 0.2) is 11.6 Å². The molecule has 0 bridgehead atoms. The maximum atomic E-state index is 10.6. The van der Waals surface area contributed by atoms with Crippen molar-refractivity contribution in [2.45, 2.75) is 186 Å². The zero-order valence-corrected chi connectivity index (χ0v) is 53.5. The Balaban J connectivity index is -0.000000834. The molecule has 0 saturated heterocycles. The van der Waals surface area contributed by atoms with Crippen molar-refractivity contribution in [2.24, 2.45) is 68.1 Å². The number of carbonyl (C=O) groups excluding carboxylic acids is 1. The number of hydrazone groups is 2. The summed E-state index contributed by atoms with van der Waals surface area (Å²) in [6, 6.07) is 0. The number of thioether (sulfide) groups is 1. The normalized spacial score (nSPS) is 16.4. The summed E-state index contributed by atoms with van der Waals surface area (Å²) in [5.74, 6) is 6.09. The number of ether oxygens (including phenoxy) is 2. The van der Waals surface area contributed by atoms with Gasteiger partial charge in [0, 0.05) is 61.8 Å². The van der Waals surface area contributed by atoms with Crippen LogP contribution in [0, 0.1) is 37.9 Å². The van der Waals surface area contributed by atoms with Crippen LogP contribution in [0.4, 0.5) is 0 Å². The van der Waals surface area contributed by atoms with E-state index in [1.807, 2.05) is 83.1 Å². The van der Waals surface area contributed by atoms with E-state index in [1.54, 1.807) is 23.7 Å². The molecule has 0 unspecified atom stereocenters. The van der Waals surface area contributed by atoms with E-state index in [-0.39, 0.29) is 64.1 Å². The molecule has 6 aliphatic heterocycles. The molecule has 0 spiro atoms. The molecule has 0 amide bonds. The van der Waals surface area contributed by atoms with Crippen molar-refractivity contribution in [3.05, 3.63) is 78.8 Å². The molecule has 1 aromatic heterocycles. The van der Waals surface area contributed by atoms with Gasteiger partial charge in [0.1, 0.15) is 32.6 Å². The van der Waals surface area contributed by atoms with Crippen molar-refractivity contribution in [1.29, 1.82) is 0 Å². The van der Waals surface area contributed by atoms with Gasteiger partial charge in [-0.2, -0.15) is 20.3 Å². The molecule has 21 nitrogen and oxygen atoms in total. The number of methoxy groups -OCH3 is 1. The highest BCUT2D eigenvalue weighted by Crippen LogP contribution is 2.32. The summed E-state index contributed by atoms with van der Waals surface area (Å²) in [5.41, 5.74) is 10.8. The van der Waals surface area contributed by atoms with Crippen LogP contribution in [0.15, 0.2) is 103 Å². The summed E-state index contributed by atoms with van der Waals surface area (Å²) in [5, 5.41) is 25.6. The number of hydroxylamine groups is 2. The van der Waals surface area contributed by atoms with Gasteiger partial charge < -0.3 is 28.6 Å². The average molecular weight is 1160 g/mol.